The van der Waals surface area contributed by atoms with Gasteiger partial charge in [0.25, 0.3) is 0 Å². The van der Waals surface area contributed by atoms with E-state index in [0.717, 1.165) is 104 Å². The molecule has 5 aromatic rings. The van der Waals surface area contributed by atoms with Crippen molar-refractivity contribution in [1.82, 2.24) is 24.9 Å². The first-order chi connectivity index (χ1) is 24.5. The van der Waals surface area contributed by atoms with Crippen molar-refractivity contribution in [2.24, 2.45) is 5.92 Å². The first-order valence-corrected chi connectivity index (χ1v) is 18.3. The minimum atomic E-state index is 0.142. The fourth-order valence-electron chi connectivity index (χ4n) is 8.68. The maximum atomic E-state index is 6.77. The quantitative estimate of drug-likeness (QED) is 0.111. The number of nitrogens with two attached hydrogens (primary N) is 1. The molecule has 3 heterocycles. The Morgan fingerprint density at radius 3 is 2.62 bits per heavy atom. The van der Waals surface area contributed by atoms with E-state index in [1.165, 1.54) is 28.7 Å². The number of benzene rings is 3. The van der Waals surface area contributed by atoms with Gasteiger partial charge >= 0.3 is 0 Å². The molecule has 3 atom stereocenters. The van der Waals surface area contributed by atoms with Gasteiger partial charge in [0.15, 0.2) is 11.5 Å². The van der Waals surface area contributed by atoms with Gasteiger partial charge in [0.1, 0.15) is 0 Å². The molecule has 3 aliphatic rings. The third-order valence-corrected chi connectivity index (χ3v) is 11.2. The molecule has 0 fully saturated rings. The molecule has 9 heteroatoms. The van der Waals surface area contributed by atoms with Gasteiger partial charge in [-0.05, 0) is 104 Å². The second-order valence-electron chi connectivity index (χ2n) is 14.2. The summed E-state index contributed by atoms with van der Waals surface area (Å²) in [5.41, 5.74) is 17.5. The zero-order valence-electron chi connectivity index (χ0n) is 28.9. The summed E-state index contributed by atoms with van der Waals surface area (Å²) in [4.78, 5) is 7.58. The van der Waals surface area contributed by atoms with E-state index in [2.05, 4.69) is 69.9 Å². The average molecular weight is 689 g/mol. The number of methoxy groups -OCH3 is 2. The van der Waals surface area contributed by atoms with Crippen LogP contribution in [0.1, 0.15) is 77.7 Å². The van der Waals surface area contributed by atoms with E-state index >= 15 is 0 Å². The number of hydrogen-bond acceptors (Lipinski definition) is 7. The molecule has 1 aliphatic heterocycles. The summed E-state index contributed by atoms with van der Waals surface area (Å²) in [7, 11) is 3.41. The summed E-state index contributed by atoms with van der Waals surface area (Å²) in [5, 5.41) is 10.8. The first-order valence-electron chi connectivity index (χ1n) is 18.0. The molecule has 258 valence electrons. The molecule has 8 rings (SSSR count). The molecule has 0 saturated carbocycles. The predicted octanol–water partition coefficient (Wildman–Crippen LogP) is 8.12. The van der Waals surface area contributed by atoms with Crippen molar-refractivity contribution in [2.75, 3.05) is 33.0 Å². The summed E-state index contributed by atoms with van der Waals surface area (Å²) in [6, 6.07) is 21.1. The highest BCUT2D eigenvalue weighted by Gasteiger charge is 2.34. The maximum absolute atomic E-state index is 6.77. The van der Waals surface area contributed by atoms with E-state index in [1.807, 2.05) is 22.9 Å². The monoisotopic (exact) mass is 688 g/mol. The van der Waals surface area contributed by atoms with E-state index in [9.17, 15) is 0 Å². The van der Waals surface area contributed by atoms with E-state index in [0.29, 0.717) is 16.9 Å². The van der Waals surface area contributed by atoms with Gasteiger partial charge in [-0.15, -0.1) is 5.10 Å². The second kappa shape index (κ2) is 14.1. The van der Waals surface area contributed by atoms with Crippen LogP contribution in [0.25, 0.3) is 10.9 Å². The Bertz CT molecular complexity index is 2040. The van der Waals surface area contributed by atoms with Crippen LogP contribution in [0, 0.1) is 5.92 Å². The van der Waals surface area contributed by atoms with Crippen molar-refractivity contribution in [3.8, 4) is 11.5 Å². The van der Waals surface area contributed by atoms with Crippen LogP contribution in [0.2, 0.25) is 5.02 Å². The van der Waals surface area contributed by atoms with E-state index < -0.39 is 0 Å². The second-order valence-corrected chi connectivity index (χ2v) is 14.6. The smallest absolute Gasteiger partial charge is 0.161 e. The number of aryl methyl sites for hydroxylation is 1. The Morgan fingerprint density at radius 2 is 1.78 bits per heavy atom. The van der Waals surface area contributed by atoms with Crippen LogP contribution < -0.4 is 15.2 Å². The molecule has 8 nitrogen and oxygen atoms in total. The summed E-state index contributed by atoms with van der Waals surface area (Å²) in [6.07, 6.45) is 13.0. The molecular weight excluding hydrogens is 644 g/mol. The summed E-state index contributed by atoms with van der Waals surface area (Å²) >= 11 is 6.26. The third-order valence-electron chi connectivity index (χ3n) is 11.0. The number of nitrogen functional groups attached to an aromatic ring is 1. The first kappa shape index (κ1) is 32.8. The van der Waals surface area contributed by atoms with Crippen molar-refractivity contribution in [1.29, 1.82) is 0 Å². The normalized spacial score (nSPS) is 19.9. The van der Waals surface area contributed by atoms with Crippen molar-refractivity contribution in [3.05, 3.63) is 117 Å². The molecule has 0 spiro atoms. The lowest BCUT2D eigenvalue weighted by Gasteiger charge is -2.38. The number of aromatic nitrogens is 4. The maximum Gasteiger partial charge on any atom is 0.161 e. The SMILES string of the molecule is COc1cc2c(cc1OC)C(c1ccccc1)N(CCc1cn(CCCCC3=C[C@H]4Cc5nc6cc(Cl)ccc6c(N)c5[C@H](C3)C4)nn1)CC2. The fraction of sp³-hybridized carbons (Fsp3) is 0.390. The van der Waals surface area contributed by atoms with Crippen molar-refractivity contribution in [3.63, 3.8) is 0 Å². The lowest BCUT2D eigenvalue weighted by molar-refractivity contribution is 0.214. The number of hydrogen-bond donors (Lipinski definition) is 1. The van der Waals surface area contributed by atoms with Crippen LogP contribution in [0.4, 0.5) is 5.69 Å². The number of fused-ring (bicyclic) bond motifs is 6. The molecule has 2 aliphatic carbocycles. The summed E-state index contributed by atoms with van der Waals surface area (Å²) in [5.74, 6) is 2.55. The molecule has 0 radical (unpaired) electrons. The molecular formula is C41H45ClN6O2. The fourth-order valence-corrected chi connectivity index (χ4v) is 8.85. The number of anilines is 1. The number of rotatable bonds is 11. The average Bonchev–Trinajstić information content (AvgIpc) is 3.59. The zero-order chi connectivity index (χ0) is 34.2. The Hall–Kier alpha value is -4.40. The molecule has 0 amide bonds. The van der Waals surface area contributed by atoms with Crippen LogP contribution in [-0.2, 0) is 25.8 Å². The summed E-state index contributed by atoms with van der Waals surface area (Å²) in [6.45, 7) is 2.75. The number of unbranched alkanes of at least 4 members (excludes halogenated alkanes) is 1. The van der Waals surface area contributed by atoms with Crippen LogP contribution in [-0.4, -0.2) is 52.2 Å². The number of pyridine rings is 1. The van der Waals surface area contributed by atoms with Gasteiger partial charge in [-0.3, -0.25) is 14.6 Å². The zero-order valence-corrected chi connectivity index (χ0v) is 29.7. The highest BCUT2D eigenvalue weighted by atomic mass is 35.5. The highest BCUT2D eigenvalue weighted by molar-refractivity contribution is 6.31. The minimum Gasteiger partial charge on any atom is -0.493 e. The lowest BCUT2D eigenvalue weighted by Crippen LogP contribution is -2.37. The Kier molecular flexibility index (Phi) is 9.23. The van der Waals surface area contributed by atoms with Gasteiger partial charge in [-0.25, -0.2) is 0 Å². The van der Waals surface area contributed by atoms with Gasteiger partial charge in [0.2, 0.25) is 0 Å². The highest BCUT2D eigenvalue weighted by Crippen LogP contribution is 2.47. The molecule has 3 aromatic carbocycles. The van der Waals surface area contributed by atoms with Crippen molar-refractivity contribution >= 4 is 28.2 Å². The van der Waals surface area contributed by atoms with Crippen molar-refractivity contribution < 1.29 is 9.47 Å². The molecule has 2 N–H and O–H groups in total. The Balaban J connectivity index is 0.869. The van der Waals surface area contributed by atoms with Gasteiger partial charge in [-0.1, -0.05) is 58.8 Å². The van der Waals surface area contributed by atoms with E-state index in [1.54, 1.807) is 19.8 Å². The van der Waals surface area contributed by atoms with Gasteiger partial charge < -0.3 is 15.2 Å². The van der Waals surface area contributed by atoms with E-state index in [4.69, 9.17) is 31.8 Å². The topological polar surface area (TPSA) is 91.3 Å². The van der Waals surface area contributed by atoms with Gasteiger partial charge in [0.05, 0.1) is 31.5 Å². The van der Waals surface area contributed by atoms with Gasteiger partial charge in [0, 0.05) is 59.6 Å². The molecule has 1 unspecified atom stereocenters. The third kappa shape index (κ3) is 6.47. The number of nitrogens with zero attached hydrogens (tertiary/aromatic N) is 5. The standard InChI is InChI=1S/C41H45ClN6O2/c1-49-37-22-29-13-16-47(41(28-9-4-3-5-10-28)34(29)24-38(37)50-2)17-14-32-25-48(46-45-32)15-7-6-8-26-18-27-20-30(19-26)39-36(21-27)44-35-23-31(42)11-12-33(35)40(39)43/h3-5,9-12,18,22-25,27,30,41H,6-8,13-17,19-21H2,1-2H3,(H2,43,44)/t27-,30-,41?/m1/s1. The Morgan fingerprint density at radius 1 is 0.940 bits per heavy atom. The van der Waals surface area contributed by atoms with Gasteiger partial charge in [-0.2, -0.15) is 0 Å². The molecule has 50 heavy (non-hydrogen) atoms. The Labute approximate surface area is 299 Å². The summed E-state index contributed by atoms with van der Waals surface area (Å²) < 4.78 is 13.3. The minimum absolute atomic E-state index is 0.142. The molecule has 2 bridgehead atoms. The van der Waals surface area contributed by atoms with E-state index in [-0.39, 0.29) is 6.04 Å². The van der Waals surface area contributed by atoms with Crippen LogP contribution in [0.15, 0.2) is 78.5 Å². The number of allylic oxidation sites excluding steroid dienone is 2. The predicted molar refractivity (Wildman–Crippen MR) is 199 cm³/mol. The molecule has 0 saturated heterocycles. The number of ether oxygens (including phenoxy) is 2. The van der Waals surface area contributed by atoms with Crippen molar-refractivity contribution in [2.45, 2.75) is 69.9 Å². The van der Waals surface area contributed by atoms with Crippen LogP contribution >= 0.6 is 11.6 Å². The largest absolute Gasteiger partial charge is 0.493 e. The van der Waals surface area contributed by atoms with Crippen LogP contribution in [0.3, 0.4) is 0 Å². The van der Waals surface area contributed by atoms with Crippen LogP contribution in [0.5, 0.6) is 11.5 Å². The lowest BCUT2D eigenvalue weighted by atomic mass is 9.70. The molecule has 2 aromatic heterocycles. The number of halogens is 1.